The van der Waals surface area contributed by atoms with E-state index in [0.29, 0.717) is 18.5 Å². The van der Waals surface area contributed by atoms with Crippen molar-refractivity contribution in [2.45, 2.75) is 59.0 Å². The molecule has 1 amide bonds. The van der Waals surface area contributed by atoms with Gasteiger partial charge in [-0.1, -0.05) is 6.92 Å². The number of fused-ring (bicyclic) bond motifs is 1. The third kappa shape index (κ3) is 4.45. The van der Waals surface area contributed by atoms with Crippen LogP contribution in [0.4, 0.5) is 0 Å². The predicted octanol–water partition coefficient (Wildman–Crippen LogP) is -0.324. The van der Waals surface area contributed by atoms with E-state index in [1.807, 2.05) is 13.8 Å². The van der Waals surface area contributed by atoms with Gasteiger partial charge in [-0.25, -0.2) is 4.98 Å². The van der Waals surface area contributed by atoms with Gasteiger partial charge in [0.15, 0.2) is 12.4 Å². The molecule has 4 heterocycles. The third-order valence-corrected chi connectivity index (χ3v) is 8.09. The number of thiophene rings is 1. The second-order valence-corrected chi connectivity index (χ2v) is 10.2. The molecule has 2 aromatic rings. The number of rotatable bonds is 5. The second-order valence-electron chi connectivity index (χ2n) is 8.97. The van der Waals surface area contributed by atoms with Crippen molar-refractivity contribution in [3.63, 3.8) is 0 Å². The van der Waals surface area contributed by atoms with Crippen LogP contribution in [0.25, 0.3) is 10.2 Å². The van der Waals surface area contributed by atoms with Gasteiger partial charge in [-0.05, 0) is 45.1 Å². The molecule has 0 aliphatic carbocycles. The zero-order valence-electron chi connectivity index (χ0n) is 18.5. The average Bonchev–Trinajstić information content (AvgIpc) is 3.03. The monoisotopic (exact) mass is 433 g/mol. The number of quaternary nitrogens is 2. The number of hydrogen-bond donors (Lipinski definition) is 3. The number of carbonyl (C=O) groups is 1. The Labute approximate surface area is 182 Å². The SMILES string of the molecule is CC[C@H]1CCCCN1C(=O)C[NH+]1CC[NH+](Cc2nc3sc(C)c(C)c3c(=O)[nH]2)CC1. The number of hydrogen-bond acceptors (Lipinski definition) is 4. The molecule has 1 atom stereocenters. The molecule has 2 saturated heterocycles. The van der Waals surface area contributed by atoms with Crippen LogP contribution in [-0.4, -0.2) is 66.1 Å². The summed E-state index contributed by atoms with van der Waals surface area (Å²) >= 11 is 1.61. The van der Waals surface area contributed by atoms with Crippen molar-refractivity contribution in [3.8, 4) is 0 Å². The number of aromatic nitrogens is 2. The Balaban J connectivity index is 1.32. The molecule has 0 radical (unpaired) electrons. The molecule has 7 nitrogen and oxygen atoms in total. The number of nitrogens with one attached hydrogen (secondary N) is 3. The van der Waals surface area contributed by atoms with Crippen molar-refractivity contribution in [1.29, 1.82) is 0 Å². The lowest BCUT2D eigenvalue weighted by molar-refractivity contribution is -1.02. The predicted molar refractivity (Wildman–Crippen MR) is 119 cm³/mol. The maximum Gasteiger partial charge on any atom is 0.278 e. The highest BCUT2D eigenvalue weighted by Gasteiger charge is 2.31. The number of amides is 1. The van der Waals surface area contributed by atoms with E-state index < -0.39 is 0 Å². The maximum absolute atomic E-state index is 12.8. The third-order valence-electron chi connectivity index (χ3n) is 6.99. The Morgan fingerprint density at radius 3 is 2.67 bits per heavy atom. The molecule has 3 N–H and O–H groups in total. The van der Waals surface area contributed by atoms with Crippen LogP contribution < -0.4 is 15.4 Å². The minimum Gasteiger partial charge on any atom is -0.335 e. The molecule has 0 unspecified atom stereocenters. The summed E-state index contributed by atoms with van der Waals surface area (Å²) < 4.78 is 0. The van der Waals surface area contributed by atoms with Gasteiger partial charge >= 0.3 is 0 Å². The number of piperidine rings is 1. The number of likely N-dealkylation sites (tertiary alicyclic amines) is 1. The van der Waals surface area contributed by atoms with Crippen LogP contribution in [0.15, 0.2) is 4.79 Å². The lowest BCUT2D eigenvalue weighted by Crippen LogP contribution is -3.28. The Kier molecular flexibility index (Phi) is 6.55. The molecule has 164 valence electrons. The smallest absolute Gasteiger partial charge is 0.278 e. The van der Waals surface area contributed by atoms with Crippen LogP contribution >= 0.6 is 11.3 Å². The van der Waals surface area contributed by atoms with Crippen LogP contribution in [0.1, 0.15) is 48.9 Å². The molecule has 0 bridgehead atoms. The zero-order chi connectivity index (χ0) is 21.3. The van der Waals surface area contributed by atoms with E-state index >= 15 is 0 Å². The molecular weight excluding hydrogens is 398 g/mol. The van der Waals surface area contributed by atoms with Gasteiger partial charge in [0, 0.05) is 17.5 Å². The summed E-state index contributed by atoms with van der Waals surface area (Å²) in [5, 5.41) is 0.743. The Morgan fingerprint density at radius 1 is 1.20 bits per heavy atom. The fourth-order valence-electron chi connectivity index (χ4n) is 5.00. The highest BCUT2D eigenvalue weighted by atomic mass is 32.1. The normalized spacial score (nSPS) is 25.0. The van der Waals surface area contributed by atoms with Crippen molar-refractivity contribution < 1.29 is 14.6 Å². The summed E-state index contributed by atoms with van der Waals surface area (Å²) in [5.74, 6) is 1.11. The van der Waals surface area contributed by atoms with E-state index in [2.05, 4.69) is 16.8 Å². The molecule has 0 saturated carbocycles. The fraction of sp³-hybridized carbons (Fsp3) is 0.682. The van der Waals surface area contributed by atoms with E-state index in [1.54, 1.807) is 11.3 Å². The number of H-pyrrole nitrogens is 1. The van der Waals surface area contributed by atoms with Crippen LogP contribution in [0.2, 0.25) is 0 Å². The summed E-state index contributed by atoms with van der Waals surface area (Å²) in [5.41, 5.74) is 1.03. The minimum atomic E-state index is -0.0156. The number of aromatic amines is 1. The topological polar surface area (TPSA) is 74.9 Å². The number of aryl methyl sites for hydroxylation is 2. The standard InChI is InChI=1S/C22H33N5O2S/c1-4-17-7-5-6-8-27(17)19(28)14-26-11-9-25(10-12-26)13-18-23-21(29)20-15(2)16(3)30-22(20)24-18/h17H,4-14H2,1-3H3,(H,23,24,29)/p+2/t17-/m0/s1. The molecule has 2 aliphatic rings. The summed E-state index contributed by atoms with van der Waals surface area (Å²) in [7, 11) is 0. The average molecular weight is 434 g/mol. The van der Waals surface area contributed by atoms with Crippen molar-refractivity contribution in [1.82, 2.24) is 14.9 Å². The fourth-order valence-corrected chi connectivity index (χ4v) is 6.05. The molecule has 0 aromatic carbocycles. The van der Waals surface area contributed by atoms with Gasteiger partial charge in [-0.3, -0.25) is 9.59 Å². The van der Waals surface area contributed by atoms with Crippen LogP contribution in [0.5, 0.6) is 0 Å². The van der Waals surface area contributed by atoms with E-state index in [-0.39, 0.29) is 5.56 Å². The second kappa shape index (κ2) is 9.16. The van der Waals surface area contributed by atoms with Gasteiger partial charge in [0.25, 0.3) is 11.5 Å². The number of piperazine rings is 1. The van der Waals surface area contributed by atoms with E-state index in [9.17, 15) is 9.59 Å². The Morgan fingerprint density at radius 2 is 1.93 bits per heavy atom. The van der Waals surface area contributed by atoms with E-state index in [1.165, 1.54) is 16.2 Å². The van der Waals surface area contributed by atoms with Crippen LogP contribution in [0.3, 0.4) is 0 Å². The first kappa shape index (κ1) is 21.5. The van der Waals surface area contributed by atoms with E-state index in [4.69, 9.17) is 4.98 Å². The van der Waals surface area contributed by atoms with Gasteiger partial charge in [0.05, 0.1) is 5.39 Å². The lowest BCUT2D eigenvalue weighted by Gasteiger charge is -2.36. The first-order chi connectivity index (χ1) is 14.5. The maximum atomic E-state index is 12.8. The van der Waals surface area contributed by atoms with Gasteiger partial charge in [-0.2, -0.15) is 0 Å². The molecule has 2 fully saturated rings. The largest absolute Gasteiger partial charge is 0.335 e. The van der Waals surface area contributed by atoms with Gasteiger partial charge in [-0.15, -0.1) is 11.3 Å². The molecule has 8 heteroatoms. The highest BCUT2D eigenvalue weighted by molar-refractivity contribution is 7.18. The van der Waals surface area contributed by atoms with Crippen molar-refractivity contribution in [2.75, 3.05) is 39.3 Å². The van der Waals surface area contributed by atoms with Crippen molar-refractivity contribution >= 4 is 27.5 Å². The first-order valence-electron chi connectivity index (χ1n) is 11.4. The molecule has 30 heavy (non-hydrogen) atoms. The molecule has 4 rings (SSSR count). The molecule has 2 aliphatic heterocycles. The van der Waals surface area contributed by atoms with Gasteiger partial charge in [0.2, 0.25) is 0 Å². The summed E-state index contributed by atoms with van der Waals surface area (Å²) in [4.78, 5) is 40.1. The van der Waals surface area contributed by atoms with Crippen molar-refractivity contribution in [3.05, 3.63) is 26.6 Å². The quantitative estimate of drug-likeness (QED) is 0.605. The van der Waals surface area contributed by atoms with Crippen LogP contribution in [0, 0.1) is 13.8 Å². The first-order valence-corrected chi connectivity index (χ1v) is 12.2. The lowest BCUT2D eigenvalue weighted by atomic mass is 10.00. The number of nitrogens with zero attached hydrogens (tertiary/aromatic N) is 2. The van der Waals surface area contributed by atoms with Gasteiger partial charge < -0.3 is 19.7 Å². The zero-order valence-corrected chi connectivity index (χ0v) is 19.3. The summed E-state index contributed by atoms with van der Waals surface area (Å²) in [6.45, 7) is 12.5. The Bertz CT molecular complexity index is 960. The van der Waals surface area contributed by atoms with Gasteiger partial charge in [0.1, 0.15) is 37.6 Å². The summed E-state index contributed by atoms with van der Waals surface area (Å²) in [6, 6.07) is 0.444. The molecule has 2 aromatic heterocycles. The Hall–Kier alpha value is -1.77. The molecular formula is C22H35N5O2S+2. The summed E-state index contributed by atoms with van der Waals surface area (Å²) in [6.07, 6.45) is 4.63. The molecule has 0 spiro atoms. The van der Waals surface area contributed by atoms with Crippen molar-refractivity contribution in [2.24, 2.45) is 0 Å². The van der Waals surface area contributed by atoms with Crippen LogP contribution in [-0.2, 0) is 11.3 Å². The van der Waals surface area contributed by atoms with E-state index in [0.717, 1.165) is 85.0 Å². The minimum absolute atomic E-state index is 0.0156. The number of carbonyl (C=O) groups excluding carboxylic acids is 1. The highest BCUT2D eigenvalue weighted by Crippen LogP contribution is 2.25.